The average Bonchev–Trinajstić information content (AvgIpc) is 2.76. The van der Waals surface area contributed by atoms with Crippen molar-refractivity contribution in [2.24, 2.45) is 0 Å². The van der Waals surface area contributed by atoms with Gasteiger partial charge in [-0.2, -0.15) is 0 Å². The summed E-state index contributed by atoms with van der Waals surface area (Å²) in [6, 6.07) is 4.10. The van der Waals surface area contributed by atoms with Crippen LogP contribution in [0.3, 0.4) is 0 Å². The molecule has 5 nitrogen and oxygen atoms in total. The summed E-state index contributed by atoms with van der Waals surface area (Å²) in [4.78, 5) is 0. The summed E-state index contributed by atoms with van der Waals surface area (Å²) < 4.78 is 3.63. The maximum absolute atomic E-state index is 8.82. The van der Waals surface area contributed by atoms with Crippen LogP contribution in [0.1, 0.15) is 11.3 Å². The highest BCUT2D eigenvalue weighted by Crippen LogP contribution is 2.32. The number of halogens is 2. The van der Waals surface area contributed by atoms with Gasteiger partial charge in [0.25, 0.3) is 0 Å². The van der Waals surface area contributed by atoms with Gasteiger partial charge in [0.2, 0.25) is 0 Å². The van der Waals surface area contributed by atoms with Gasteiger partial charge in [0.1, 0.15) is 5.69 Å². The third kappa shape index (κ3) is 3.77. The highest BCUT2D eigenvalue weighted by atomic mass is 79.9. The first-order valence-corrected chi connectivity index (χ1v) is 7.38. The summed E-state index contributed by atoms with van der Waals surface area (Å²) in [6.07, 6.45) is 1.82. The maximum Gasteiger partial charge on any atom is 0.102 e. The summed E-state index contributed by atoms with van der Waals surface area (Å²) in [5, 5.41) is 20.1. The molecule has 0 spiro atoms. The van der Waals surface area contributed by atoms with Crippen molar-refractivity contribution >= 4 is 37.5 Å². The Hall–Kier alpha value is -0.920. The molecule has 102 valence electrons. The molecule has 1 heterocycles. The summed E-state index contributed by atoms with van der Waals surface area (Å²) in [7, 11) is 0. The third-order valence-electron chi connectivity index (χ3n) is 2.55. The molecular formula is C12H14Br2N4O. The van der Waals surface area contributed by atoms with E-state index in [9.17, 15) is 0 Å². The molecule has 1 aromatic carbocycles. The number of hydrogen-bond acceptors (Lipinski definition) is 4. The second-order valence-electron chi connectivity index (χ2n) is 4.15. The molecule has 0 amide bonds. The smallest absolute Gasteiger partial charge is 0.102 e. The molecule has 7 heteroatoms. The Morgan fingerprint density at radius 1 is 1.32 bits per heavy atom. The first-order chi connectivity index (χ1) is 9.10. The zero-order chi connectivity index (χ0) is 13.8. The lowest BCUT2D eigenvalue weighted by molar-refractivity contribution is 0.268. The summed E-state index contributed by atoms with van der Waals surface area (Å²) in [6.45, 7) is 3.14. The van der Waals surface area contributed by atoms with Crippen LogP contribution in [0.25, 0.3) is 0 Å². The quantitative estimate of drug-likeness (QED) is 0.825. The van der Waals surface area contributed by atoms with Crippen LogP contribution in [0.15, 0.2) is 27.3 Å². The molecule has 0 saturated carbocycles. The fourth-order valence-corrected chi connectivity index (χ4v) is 3.37. The second-order valence-corrected chi connectivity index (χ2v) is 5.86. The van der Waals surface area contributed by atoms with Gasteiger partial charge < -0.3 is 10.4 Å². The highest BCUT2D eigenvalue weighted by molar-refractivity contribution is 9.11. The first kappa shape index (κ1) is 14.5. The number of aryl methyl sites for hydroxylation is 1. The van der Waals surface area contributed by atoms with Gasteiger partial charge in [-0.15, -0.1) is 5.10 Å². The molecule has 0 radical (unpaired) electrons. The minimum Gasteiger partial charge on any atom is -0.394 e. The second kappa shape index (κ2) is 6.49. The van der Waals surface area contributed by atoms with E-state index in [-0.39, 0.29) is 6.61 Å². The number of hydrogen-bond donors (Lipinski definition) is 2. The Kier molecular flexibility index (Phi) is 4.95. The number of rotatable bonds is 5. The number of nitrogens with zero attached hydrogens (tertiary/aromatic N) is 3. The molecule has 0 bridgehead atoms. The van der Waals surface area contributed by atoms with Crippen molar-refractivity contribution in [1.82, 2.24) is 15.0 Å². The van der Waals surface area contributed by atoms with E-state index in [0.717, 1.165) is 20.3 Å². The highest BCUT2D eigenvalue weighted by Gasteiger charge is 2.07. The van der Waals surface area contributed by atoms with Gasteiger partial charge >= 0.3 is 0 Å². The Morgan fingerprint density at radius 3 is 2.63 bits per heavy atom. The molecule has 0 atom stereocenters. The van der Waals surface area contributed by atoms with Gasteiger partial charge in [0.15, 0.2) is 0 Å². The van der Waals surface area contributed by atoms with E-state index in [1.165, 1.54) is 5.56 Å². The predicted molar refractivity (Wildman–Crippen MR) is 81.0 cm³/mol. The van der Waals surface area contributed by atoms with E-state index in [1.807, 2.05) is 13.1 Å². The molecule has 1 aromatic heterocycles. The van der Waals surface area contributed by atoms with Crippen LogP contribution >= 0.6 is 31.9 Å². The van der Waals surface area contributed by atoms with Gasteiger partial charge in [-0.05, 0) is 56.5 Å². The van der Waals surface area contributed by atoms with Crippen molar-refractivity contribution in [2.45, 2.75) is 20.0 Å². The van der Waals surface area contributed by atoms with Gasteiger partial charge in [0, 0.05) is 8.95 Å². The Labute approximate surface area is 128 Å². The van der Waals surface area contributed by atoms with Crippen LogP contribution in [0, 0.1) is 6.92 Å². The van der Waals surface area contributed by atoms with Crippen LogP contribution in [0.5, 0.6) is 0 Å². The Bertz CT molecular complexity index is 548. The Balaban J connectivity index is 2.05. The Morgan fingerprint density at radius 2 is 2.00 bits per heavy atom. The molecule has 0 fully saturated rings. The molecule has 0 saturated heterocycles. The van der Waals surface area contributed by atoms with E-state index in [1.54, 1.807) is 4.68 Å². The van der Waals surface area contributed by atoms with Crippen LogP contribution in [0.4, 0.5) is 5.69 Å². The van der Waals surface area contributed by atoms with Crippen molar-refractivity contribution in [3.63, 3.8) is 0 Å². The van der Waals surface area contributed by atoms with Crippen molar-refractivity contribution in [3.8, 4) is 0 Å². The third-order valence-corrected chi connectivity index (χ3v) is 3.80. The molecule has 0 unspecified atom stereocenters. The minimum atomic E-state index is 0.0608. The molecule has 0 aliphatic rings. The van der Waals surface area contributed by atoms with Crippen LogP contribution in [-0.4, -0.2) is 26.7 Å². The van der Waals surface area contributed by atoms with Crippen LogP contribution < -0.4 is 5.32 Å². The van der Waals surface area contributed by atoms with Crippen molar-refractivity contribution < 1.29 is 5.11 Å². The fourth-order valence-electron chi connectivity index (χ4n) is 1.68. The number of anilines is 1. The number of benzene rings is 1. The van der Waals surface area contributed by atoms with Gasteiger partial charge in [-0.25, -0.2) is 4.68 Å². The average molecular weight is 390 g/mol. The zero-order valence-electron chi connectivity index (χ0n) is 10.4. The lowest BCUT2D eigenvalue weighted by Crippen LogP contribution is -2.02. The molecule has 19 heavy (non-hydrogen) atoms. The fraction of sp³-hybridized carbons (Fsp3) is 0.333. The van der Waals surface area contributed by atoms with E-state index in [0.29, 0.717) is 13.1 Å². The van der Waals surface area contributed by atoms with Crippen LogP contribution in [0.2, 0.25) is 0 Å². The van der Waals surface area contributed by atoms with Crippen molar-refractivity contribution in [1.29, 1.82) is 0 Å². The van der Waals surface area contributed by atoms with E-state index in [2.05, 4.69) is 59.6 Å². The maximum atomic E-state index is 8.82. The molecule has 0 aliphatic heterocycles. The van der Waals surface area contributed by atoms with E-state index in [4.69, 9.17) is 5.11 Å². The minimum absolute atomic E-state index is 0.0608. The molecule has 2 rings (SSSR count). The molecule has 2 N–H and O–H groups in total. The van der Waals surface area contributed by atoms with Gasteiger partial charge in [-0.3, -0.25) is 0 Å². The normalized spacial score (nSPS) is 10.7. The summed E-state index contributed by atoms with van der Waals surface area (Å²) in [5.41, 5.74) is 2.99. The van der Waals surface area contributed by atoms with E-state index >= 15 is 0 Å². The summed E-state index contributed by atoms with van der Waals surface area (Å²) >= 11 is 7.07. The molecule has 0 aliphatic carbocycles. The predicted octanol–water partition coefficient (Wildman–Crippen LogP) is 2.72. The van der Waals surface area contributed by atoms with Crippen molar-refractivity contribution in [2.75, 3.05) is 11.9 Å². The van der Waals surface area contributed by atoms with Crippen LogP contribution in [-0.2, 0) is 13.1 Å². The lowest BCUT2D eigenvalue weighted by Gasteiger charge is -2.10. The number of aromatic nitrogens is 3. The topological polar surface area (TPSA) is 63.0 Å². The SMILES string of the molecule is Cc1cc(Br)c(NCc2cn(CCO)nn2)c(Br)c1. The number of aliphatic hydroxyl groups is 1. The van der Waals surface area contributed by atoms with Gasteiger partial charge in [0.05, 0.1) is 31.6 Å². The molecular weight excluding hydrogens is 376 g/mol. The standard InChI is InChI=1S/C12H14Br2N4O/c1-8-4-10(13)12(11(14)5-8)15-6-9-7-18(2-3-19)17-16-9/h4-5,7,15,19H,2-3,6H2,1H3. The first-order valence-electron chi connectivity index (χ1n) is 5.79. The van der Waals surface area contributed by atoms with Gasteiger partial charge in [-0.1, -0.05) is 5.21 Å². The largest absolute Gasteiger partial charge is 0.394 e. The monoisotopic (exact) mass is 388 g/mol. The van der Waals surface area contributed by atoms with Crippen molar-refractivity contribution in [3.05, 3.63) is 38.5 Å². The zero-order valence-corrected chi connectivity index (χ0v) is 13.6. The summed E-state index contributed by atoms with van der Waals surface area (Å²) in [5.74, 6) is 0. The lowest BCUT2D eigenvalue weighted by atomic mass is 10.2. The molecule has 2 aromatic rings. The van der Waals surface area contributed by atoms with E-state index < -0.39 is 0 Å². The number of aliphatic hydroxyl groups excluding tert-OH is 1. The number of nitrogens with one attached hydrogen (secondary N) is 1.